The van der Waals surface area contributed by atoms with Gasteiger partial charge in [0.2, 0.25) is 17.7 Å². The van der Waals surface area contributed by atoms with E-state index in [4.69, 9.17) is 0 Å². The SMILES string of the molecule is CC(=O)Nc1ccc(N2C(=O)[C@@H]3[C@@H]4C[C@@H]([C@H](Br)[C@H]4Br)[C@@H]3C2=O)cc1. The summed E-state index contributed by atoms with van der Waals surface area (Å²) in [5, 5.41) is 2.68. The zero-order chi connectivity index (χ0) is 17.2. The van der Waals surface area contributed by atoms with Gasteiger partial charge in [-0.05, 0) is 42.5 Å². The van der Waals surface area contributed by atoms with E-state index >= 15 is 0 Å². The van der Waals surface area contributed by atoms with Gasteiger partial charge in [0, 0.05) is 22.3 Å². The quantitative estimate of drug-likeness (QED) is 0.550. The van der Waals surface area contributed by atoms with Crippen LogP contribution in [0.1, 0.15) is 13.3 Å². The van der Waals surface area contributed by atoms with Crippen LogP contribution < -0.4 is 10.2 Å². The van der Waals surface area contributed by atoms with E-state index in [0.717, 1.165) is 6.42 Å². The number of imide groups is 1. The fourth-order valence-electron chi connectivity index (χ4n) is 4.50. The Hall–Kier alpha value is -1.21. The van der Waals surface area contributed by atoms with Gasteiger partial charge in [-0.1, -0.05) is 31.9 Å². The molecule has 1 saturated heterocycles. The minimum absolute atomic E-state index is 0.0892. The predicted molar refractivity (Wildman–Crippen MR) is 97.2 cm³/mol. The fourth-order valence-corrected chi connectivity index (χ4v) is 6.37. The summed E-state index contributed by atoms with van der Waals surface area (Å²) in [6.07, 6.45) is 0.925. The summed E-state index contributed by atoms with van der Waals surface area (Å²) in [5.41, 5.74) is 1.22. The summed E-state index contributed by atoms with van der Waals surface area (Å²) >= 11 is 7.37. The van der Waals surface area contributed by atoms with Crippen LogP contribution >= 0.6 is 31.9 Å². The first-order valence-electron chi connectivity index (χ1n) is 7.93. The van der Waals surface area contributed by atoms with Gasteiger partial charge in [-0.3, -0.25) is 19.3 Å². The van der Waals surface area contributed by atoms with E-state index in [9.17, 15) is 14.4 Å². The summed E-state index contributed by atoms with van der Waals surface area (Å²) in [4.78, 5) is 38.7. The summed E-state index contributed by atoms with van der Waals surface area (Å²) < 4.78 is 0. The minimum Gasteiger partial charge on any atom is -0.326 e. The maximum Gasteiger partial charge on any atom is 0.238 e. The largest absolute Gasteiger partial charge is 0.326 e. The standard InChI is InChI=1S/C17H16Br2N2O3/c1-7(22)20-8-2-4-9(5-3-8)21-16(23)12-10-6-11(13(12)17(21)24)15(19)14(10)18/h2-5,10-15H,6H2,1H3,(H,20,22)/t10-,11+,12+,13-,14-,15-/m0/s1. The summed E-state index contributed by atoms with van der Waals surface area (Å²) in [7, 11) is 0. The third-order valence-electron chi connectivity index (χ3n) is 5.43. The molecule has 4 rings (SSSR count). The van der Waals surface area contributed by atoms with Crippen molar-refractivity contribution >= 4 is 61.0 Å². The van der Waals surface area contributed by atoms with Gasteiger partial charge in [0.1, 0.15) is 0 Å². The predicted octanol–water partition coefficient (Wildman–Crippen LogP) is 2.93. The van der Waals surface area contributed by atoms with Crippen LogP contribution in [0, 0.1) is 23.7 Å². The molecule has 6 atom stereocenters. The molecular formula is C17H16Br2N2O3. The molecule has 0 unspecified atom stereocenters. The second-order valence-electron chi connectivity index (χ2n) is 6.74. The van der Waals surface area contributed by atoms with Crippen molar-refractivity contribution in [2.24, 2.45) is 23.7 Å². The van der Waals surface area contributed by atoms with E-state index in [0.29, 0.717) is 11.4 Å². The maximum atomic E-state index is 12.9. The lowest BCUT2D eigenvalue weighted by atomic mass is 9.81. The monoisotopic (exact) mass is 454 g/mol. The molecule has 5 nitrogen and oxygen atoms in total. The lowest BCUT2D eigenvalue weighted by Crippen LogP contribution is -2.37. The highest BCUT2D eigenvalue weighted by Gasteiger charge is 2.66. The van der Waals surface area contributed by atoms with Gasteiger partial charge in [-0.15, -0.1) is 0 Å². The van der Waals surface area contributed by atoms with Gasteiger partial charge >= 0.3 is 0 Å². The van der Waals surface area contributed by atoms with E-state index in [1.54, 1.807) is 24.3 Å². The molecule has 1 aromatic rings. The van der Waals surface area contributed by atoms with Crippen molar-refractivity contribution in [3.8, 4) is 0 Å². The molecule has 0 radical (unpaired) electrons. The number of anilines is 2. The van der Waals surface area contributed by atoms with Crippen molar-refractivity contribution in [1.29, 1.82) is 0 Å². The van der Waals surface area contributed by atoms with Crippen molar-refractivity contribution in [3.63, 3.8) is 0 Å². The number of rotatable bonds is 2. The molecule has 0 aromatic heterocycles. The summed E-state index contributed by atoms with van der Waals surface area (Å²) in [6.45, 7) is 1.44. The number of alkyl halides is 2. The second-order valence-corrected chi connectivity index (χ2v) is 8.86. The van der Waals surface area contributed by atoms with E-state index in [-0.39, 0.29) is 51.0 Å². The number of hydrogen-bond donors (Lipinski definition) is 1. The lowest BCUT2D eigenvalue weighted by molar-refractivity contribution is -0.123. The van der Waals surface area contributed by atoms with Gasteiger partial charge in [0.05, 0.1) is 17.5 Å². The maximum absolute atomic E-state index is 12.9. The van der Waals surface area contributed by atoms with Crippen LogP contribution in [0.4, 0.5) is 11.4 Å². The molecule has 0 spiro atoms. The number of nitrogens with one attached hydrogen (secondary N) is 1. The smallest absolute Gasteiger partial charge is 0.238 e. The van der Waals surface area contributed by atoms with Gasteiger partial charge < -0.3 is 5.32 Å². The van der Waals surface area contributed by atoms with Crippen molar-refractivity contribution in [2.45, 2.75) is 23.0 Å². The van der Waals surface area contributed by atoms with Gasteiger partial charge in [-0.2, -0.15) is 0 Å². The first-order chi connectivity index (χ1) is 11.4. The Kier molecular flexibility index (Phi) is 3.84. The van der Waals surface area contributed by atoms with Crippen molar-refractivity contribution in [2.75, 3.05) is 10.2 Å². The van der Waals surface area contributed by atoms with E-state index in [1.165, 1.54) is 11.8 Å². The average Bonchev–Trinajstić information content (AvgIpc) is 3.13. The highest BCUT2D eigenvalue weighted by molar-refractivity contribution is 9.12. The Morgan fingerprint density at radius 1 is 1.04 bits per heavy atom. The Morgan fingerprint density at radius 3 is 2.00 bits per heavy atom. The fraction of sp³-hybridized carbons (Fsp3) is 0.471. The third-order valence-corrected chi connectivity index (χ3v) is 8.64. The lowest BCUT2D eigenvalue weighted by Gasteiger charge is -2.28. The molecule has 3 aliphatic rings. The molecule has 2 aliphatic carbocycles. The Morgan fingerprint density at radius 2 is 1.54 bits per heavy atom. The average molecular weight is 456 g/mol. The number of hydrogen-bond acceptors (Lipinski definition) is 3. The molecule has 1 aliphatic heterocycles. The van der Waals surface area contributed by atoms with Gasteiger partial charge in [-0.25, -0.2) is 0 Å². The summed E-state index contributed by atoms with van der Waals surface area (Å²) in [6, 6.07) is 6.84. The highest BCUT2D eigenvalue weighted by Crippen LogP contribution is 2.60. The van der Waals surface area contributed by atoms with Crippen LogP contribution in [0.3, 0.4) is 0 Å². The third kappa shape index (κ3) is 2.20. The van der Waals surface area contributed by atoms with Crippen LogP contribution in [0.25, 0.3) is 0 Å². The first-order valence-corrected chi connectivity index (χ1v) is 9.77. The number of halogens is 2. The summed E-state index contributed by atoms with van der Waals surface area (Å²) in [5.74, 6) is -0.337. The van der Waals surface area contributed by atoms with Crippen LogP contribution in [-0.2, 0) is 14.4 Å². The Balaban J connectivity index is 1.63. The molecule has 1 aromatic carbocycles. The molecular weight excluding hydrogens is 440 g/mol. The van der Waals surface area contributed by atoms with Gasteiger partial charge in [0.15, 0.2) is 0 Å². The molecule has 7 heteroatoms. The molecule has 2 saturated carbocycles. The molecule has 1 heterocycles. The van der Waals surface area contributed by atoms with Crippen LogP contribution in [0.15, 0.2) is 24.3 Å². The van der Waals surface area contributed by atoms with Crippen LogP contribution in [0.2, 0.25) is 0 Å². The number of benzene rings is 1. The van der Waals surface area contributed by atoms with Crippen molar-refractivity contribution in [1.82, 2.24) is 0 Å². The normalized spacial score (nSPS) is 37.0. The molecule has 2 bridgehead atoms. The second kappa shape index (κ2) is 5.66. The Bertz CT molecular complexity index is 704. The molecule has 3 amide bonds. The molecule has 3 fully saturated rings. The van der Waals surface area contributed by atoms with Crippen LogP contribution in [-0.4, -0.2) is 27.4 Å². The zero-order valence-corrected chi connectivity index (χ0v) is 16.1. The van der Waals surface area contributed by atoms with Crippen molar-refractivity contribution < 1.29 is 14.4 Å². The van der Waals surface area contributed by atoms with E-state index in [2.05, 4.69) is 37.2 Å². The number of carbonyl (C=O) groups excluding carboxylic acids is 3. The first kappa shape index (κ1) is 16.3. The van der Waals surface area contributed by atoms with E-state index in [1.807, 2.05) is 0 Å². The topological polar surface area (TPSA) is 66.5 Å². The van der Waals surface area contributed by atoms with Crippen molar-refractivity contribution in [3.05, 3.63) is 24.3 Å². The Labute approximate surface area is 156 Å². The molecule has 126 valence electrons. The molecule has 1 N–H and O–H groups in total. The minimum atomic E-state index is -0.212. The van der Waals surface area contributed by atoms with E-state index < -0.39 is 0 Å². The number of fused-ring (bicyclic) bond motifs is 5. The zero-order valence-electron chi connectivity index (χ0n) is 12.9. The number of amides is 3. The molecule has 24 heavy (non-hydrogen) atoms. The number of carbonyl (C=O) groups is 3. The van der Waals surface area contributed by atoms with Crippen LogP contribution in [0.5, 0.6) is 0 Å². The highest BCUT2D eigenvalue weighted by atomic mass is 79.9. The number of nitrogens with zero attached hydrogens (tertiary/aromatic N) is 1. The van der Waals surface area contributed by atoms with Gasteiger partial charge in [0.25, 0.3) is 0 Å².